The summed E-state index contributed by atoms with van der Waals surface area (Å²) in [4.78, 5) is 14.2. The van der Waals surface area contributed by atoms with Gasteiger partial charge in [-0.15, -0.1) is 10.2 Å². The number of benzene rings is 1. The van der Waals surface area contributed by atoms with Gasteiger partial charge < -0.3 is 9.47 Å². The van der Waals surface area contributed by atoms with E-state index in [2.05, 4.69) is 34.2 Å². The topological polar surface area (TPSA) is 79.7 Å². The zero-order chi connectivity index (χ0) is 21.5. The maximum absolute atomic E-state index is 13.0. The molecule has 3 aromatic rings. The Kier molecular flexibility index (Phi) is 5.08. The third-order valence-electron chi connectivity index (χ3n) is 5.00. The van der Waals surface area contributed by atoms with E-state index in [0.717, 1.165) is 16.6 Å². The molecule has 0 spiro atoms. The quantitative estimate of drug-likeness (QED) is 0.703. The molecular weight excluding hydrogens is 397 g/mol. The molecule has 0 fully saturated rings. The fourth-order valence-electron chi connectivity index (χ4n) is 3.57. The summed E-state index contributed by atoms with van der Waals surface area (Å²) in [5, 5.41) is 13.8. The van der Waals surface area contributed by atoms with Crippen LogP contribution in [-0.4, -0.2) is 42.3 Å². The third-order valence-corrected chi connectivity index (χ3v) is 5.00. The molecular formula is C20H21F3N6O. The SMILES string of the molecule is CC(C)Cc1ccc(-c2cc(C(=O)N3CCn4c(nnc4C(F)(F)F)C3)[nH]n2)cc1. The predicted octanol–water partition coefficient (Wildman–Crippen LogP) is 3.54. The Morgan fingerprint density at radius 2 is 1.90 bits per heavy atom. The number of hydrogen-bond donors (Lipinski definition) is 1. The van der Waals surface area contributed by atoms with Crippen LogP contribution in [0, 0.1) is 5.92 Å². The lowest BCUT2D eigenvalue weighted by Gasteiger charge is -2.27. The van der Waals surface area contributed by atoms with Crippen LogP contribution in [0.25, 0.3) is 11.3 Å². The number of nitrogens with zero attached hydrogens (tertiary/aromatic N) is 5. The molecule has 2 aromatic heterocycles. The summed E-state index contributed by atoms with van der Waals surface area (Å²) in [6.07, 6.45) is -3.58. The summed E-state index contributed by atoms with van der Waals surface area (Å²) in [7, 11) is 0. The summed E-state index contributed by atoms with van der Waals surface area (Å²) in [6.45, 7) is 4.39. The second kappa shape index (κ2) is 7.58. The van der Waals surface area contributed by atoms with Crippen LogP contribution in [0.3, 0.4) is 0 Å². The minimum Gasteiger partial charge on any atom is -0.328 e. The van der Waals surface area contributed by atoms with E-state index < -0.39 is 12.0 Å². The third kappa shape index (κ3) is 3.94. The second-order valence-electron chi connectivity index (χ2n) is 7.78. The van der Waals surface area contributed by atoms with E-state index in [1.807, 2.05) is 24.3 Å². The minimum absolute atomic E-state index is 0.0127. The molecule has 0 unspecified atom stereocenters. The van der Waals surface area contributed by atoms with Crippen LogP contribution >= 0.6 is 0 Å². The van der Waals surface area contributed by atoms with Crippen LogP contribution in [0.15, 0.2) is 30.3 Å². The molecule has 0 saturated carbocycles. The van der Waals surface area contributed by atoms with Gasteiger partial charge in [0.25, 0.3) is 5.91 Å². The van der Waals surface area contributed by atoms with Crippen molar-refractivity contribution in [3.8, 4) is 11.3 Å². The van der Waals surface area contributed by atoms with Gasteiger partial charge in [-0.25, -0.2) is 0 Å². The van der Waals surface area contributed by atoms with E-state index in [0.29, 0.717) is 11.6 Å². The summed E-state index contributed by atoms with van der Waals surface area (Å²) < 4.78 is 39.9. The van der Waals surface area contributed by atoms with E-state index >= 15 is 0 Å². The number of aromatic nitrogens is 5. The van der Waals surface area contributed by atoms with Crippen molar-refractivity contribution in [1.29, 1.82) is 0 Å². The number of amides is 1. The van der Waals surface area contributed by atoms with E-state index in [1.54, 1.807) is 6.07 Å². The Morgan fingerprint density at radius 1 is 1.17 bits per heavy atom. The molecule has 158 valence electrons. The first-order chi connectivity index (χ1) is 14.2. The summed E-state index contributed by atoms with van der Waals surface area (Å²) in [6, 6.07) is 9.66. The van der Waals surface area contributed by atoms with Crippen molar-refractivity contribution < 1.29 is 18.0 Å². The molecule has 30 heavy (non-hydrogen) atoms. The van der Waals surface area contributed by atoms with Crippen molar-refractivity contribution in [2.45, 2.75) is 39.5 Å². The van der Waals surface area contributed by atoms with E-state index in [4.69, 9.17) is 0 Å². The normalized spacial score (nSPS) is 14.3. The van der Waals surface area contributed by atoms with Crippen LogP contribution in [0.4, 0.5) is 13.2 Å². The number of hydrogen-bond acceptors (Lipinski definition) is 4. The van der Waals surface area contributed by atoms with Crippen molar-refractivity contribution in [3.63, 3.8) is 0 Å². The molecule has 0 radical (unpaired) electrons. The minimum atomic E-state index is -4.57. The summed E-state index contributed by atoms with van der Waals surface area (Å²) in [5.74, 6) is -0.697. The molecule has 1 N–H and O–H groups in total. The standard InChI is InChI=1S/C20H21F3N6O/c1-12(2)9-13-3-5-14(6-4-13)15-10-16(25-24-15)18(30)28-7-8-29-17(11-28)26-27-19(29)20(21,22)23/h3-6,10,12H,7-9,11H2,1-2H3,(H,24,25). The van der Waals surface area contributed by atoms with Gasteiger partial charge in [0, 0.05) is 18.7 Å². The van der Waals surface area contributed by atoms with Crippen LogP contribution in [0.1, 0.15) is 41.5 Å². The average molecular weight is 418 g/mol. The Bertz CT molecular complexity index is 1050. The van der Waals surface area contributed by atoms with Crippen LogP contribution < -0.4 is 0 Å². The molecule has 1 aliphatic heterocycles. The number of carbonyl (C=O) groups is 1. The number of carbonyl (C=O) groups excluding carboxylic acids is 1. The number of nitrogens with one attached hydrogen (secondary N) is 1. The van der Waals surface area contributed by atoms with Gasteiger partial charge in [-0.3, -0.25) is 9.89 Å². The Hall–Kier alpha value is -3.17. The van der Waals surface area contributed by atoms with Crippen molar-refractivity contribution in [1.82, 2.24) is 29.9 Å². The van der Waals surface area contributed by atoms with Crippen molar-refractivity contribution in [2.75, 3.05) is 6.54 Å². The molecule has 3 heterocycles. The summed E-state index contributed by atoms with van der Waals surface area (Å²) >= 11 is 0. The van der Waals surface area contributed by atoms with Gasteiger partial charge in [-0.2, -0.15) is 18.3 Å². The number of aromatic amines is 1. The first-order valence-electron chi connectivity index (χ1n) is 9.65. The Balaban J connectivity index is 1.48. The maximum atomic E-state index is 13.0. The number of fused-ring (bicyclic) bond motifs is 1. The first-order valence-corrected chi connectivity index (χ1v) is 9.65. The van der Waals surface area contributed by atoms with Crippen molar-refractivity contribution in [3.05, 3.63) is 53.2 Å². The smallest absolute Gasteiger partial charge is 0.328 e. The van der Waals surface area contributed by atoms with Crippen molar-refractivity contribution in [2.24, 2.45) is 5.92 Å². The zero-order valence-corrected chi connectivity index (χ0v) is 16.6. The monoisotopic (exact) mass is 418 g/mol. The fourth-order valence-corrected chi connectivity index (χ4v) is 3.57. The van der Waals surface area contributed by atoms with Gasteiger partial charge in [-0.05, 0) is 24.0 Å². The van der Waals surface area contributed by atoms with Gasteiger partial charge in [0.2, 0.25) is 5.82 Å². The maximum Gasteiger partial charge on any atom is 0.451 e. The first kappa shape index (κ1) is 20.1. The molecule has 1 aromatic carbocycles. The molecule has 10 heteroatoms. The van der Waals surface area contributed by atoms with Crippen LogP contribution in [0.2, 0.25) is 0 Å². The Labute approximate surface area is 170 Å². The molecule has 1 aliphatic rings. The van der Waals surface area contributed by atoms with Gasteiger partial charge in [0.05, 0.1) is 12.2 Å². The number of halogens is 3. The summed E-state index contributed by atoms with van der Waals surface area (Å²) in [5.41, 5.74) is 3.02. The highest BCUT2D eigenvalue weighted by molar-refractivity contribution is 5.93. The number of alkyl halides is 3. The lowest BCUT2D eigenvalue weighted by molar-refractivity contribution is -0.147. The average Bonchev–Trinajstić information content (AvgIpc) is 3.34. The lowest BCUT2D eigenvalue weighted by Crippen LogP contribution is -2.39. The molecule has 0 atom stereocenters. The van der Waals surface area contributed by atoms with Gasteiger partial charge in [0.1, 0.15) is 5.69 Å². The van der Waals surface area contributed by atoms with Gasteiger partial charge in [0.15, 0.2) is 5.82 Å². The van der Waals surface area contributed by atoms with E-state index in [1.165, 1.54) is 10.5 Å². The molecule has 1 amide bonds. The zero-order valence-electron chi connectivity index (χ0n) is 16.6. The lowest BCUT2D eigenvalue weighted by atomic mass is 10.0. The number of rotatable bonds is 4. The highest BCUT2D eigenvalue weighted by Crippen LogP contribution is 2.29. The van der Waals surface area contributed by atoms with Crippen LogP contribution in [-0.2, 0) is 25.7 Å². The molecule has 0 saturated heterocycles. The van der Waals surface area contributed by atoms with E-state index in [-0.39, 0.29) is 37.1 Å². The second-order valence-corrected chi connectivity index (χ2v) is 7.78. The molecule has 0 aliphatic carbocycles. The Morgan fingerprint density at radius 3 is 2.57 bits per heavy atom. The molecule has 0 bridgehead atoms. The molecule has 4 rings (SSSR count). The van der Waals surface area contributed by atoms with Gasteiger partial charge >= 0.3 is 6.18 Å². The van der Waals surface area contributed by atoms with Crippen LogP contribution in [0.5, 0.6) is 0 Å². The van der Waals surface area contributed by atoms with Gasteiger partial charge in [-0.1, -0.05) is 38.1 Å². The number of H-pyrrole nitrogens is 1. The predicted molar refractivity (Wildman–Crippen MR) is 102 cm³/mol. The van der Waals surface area contributed by atoms with E-state index in [9.17, 15) is 18.0 Å². The van der Waals surface area contributed by atoms with Crippen molar-refractivity contribution >= 4 is 5.91 Å². The largest absolute Gasteiger partial charge is 0.451 e. The molecule has 7 nitrogen and oxygen atoms in total. The highest BCUT2D eigenvalue weighted by Gasteiger charge is 2.40. The highest BCUT2D eigenvalue weighted by atomic mass is 19.4. The fraction of sp³-hybridized carbons (Fsp3) is 0.400.